The van der Waals surface area contributed by atoms with Gasteiger partial charge in [-0.1, -0.05) is 18.5 Å². The second-order valence-electron chi connectivity index (χ2n) is 4.85. The minimum Gasteiger partial charge on any atom is -0.373 e. The molecule has 1 aromatic rings. The first kappa shape index (κ1) is 13.0. The van der Waals surface area contributed by atoms with E-state index < -0.39 is 0 Å². The Labute approximate surface area is 96.6 Å². The predicted molar refractivity (Wildman–Crippen MR) is 62.3 cm³/mol. The average Bonchev–Trinajstić information content (AvgIpc) is 2.59. The van der Waals surface area contributed by atoms with Crippen molar-refractivity contribution in [1.29, 1.82) is 0 Å². The third-order valence-corrected chi connectivity index (χ3v) is 2.05. The summed E-state index contributed by atoms with van der Waals surface area (Å²) in [5.41, 5.74) is -0.0862. The van der Waals surface area contributed by atoms with Crippen LogP contribution in [-0.4, -0.2) is 22.8 Å². The Balaban J connectivity index is 2.69. The maximum atomic E-state index is 5.31. The van der Waals surface area contributed by atoms with Gasteiger partial charge in [0.05, 0.1) is 0 Å². The normalized spacial score (nSPS) is 13.8. The zero-order valence-electron chi connectivity index (χ0n) is 10.7. The summed E-state index contributed by atoms with van der Waals surface area (Å²) >= 11 is 0. The summed E-state index contributed by atoms with van der Waals surface area (Å²) in [5, 5.41) is 7.04. The van der Waals surface area contributed by atoms with E-state index in [-0.39, 0.29) is 11.6 Å². The van der Waals surface area contributed by atoms with Gasteiger partial charge < -0.3 is 14.6 Å². The van der Waals surface area contributed by atoms with Gasteiger partial charge in [0.1, 0.15) is 6.10 Å². The fraction of sp³-hybridized carbons (Fsp3) is 0.818. The summed E-state index contributed by atoms with van der Waals surface area (Å²) in [4.78, 5) is 4.27. The summed E-state index contributed by atoms with van der Waals surface area (Å²) < 4.78 is 10.4. The summed E-state index contributed by atoms with van der Waals surface area (Å²) in [6, 6.07) is 0.445. The third-order valence-electron chi connectivity index (χ3n) is 2.05. The molecule has 0 saturated carbocycles. The molecule has 1 aromatic heterocycles. The van der Waals surface area contributed by atoms with Crippen molar-refractivity contribution in [2.75, 3.05) is 12.4 Å². The molecule has 0 aliphatic carbocycles. The number of ether oxygens (including phenoxy) is 1. The van der Waals surface area contributed by atoms with Crippen LogP contribution in [0, 0.1) is 0 Å². The molecule has 5 heteroatoms. The minimum atomic E-state index is -0.0862. The van der Waals surface area contributed by atoms with Gasteiger partial charge in [0, 0.05) is 12.6 Å². The van der Waals surface area contributed by atoms with Gasteiger partial charge >= 0.3 is 6.01 Å². The molecule has 1 heterocycles. The first-order chi connectivity index (χ1) is 7.46. The van der Waals surface area contributed by atoms with Crippen molar-refractivity contribution in [3.8, 4) is 0 Å². The van der Waals surface area contributed by atoms with Crippen molar-refractivity contribution in [3.05, 3.63) is 5.82 Å². The Morgan fingerprint density at radius 2 is 2.12 bits per heavy atom. The van der Waals surface area contributed by atoms with Gasteiger partial charge in [0.15, 0.2) is 0 Å². The molecule has 0 radical (unpaired) electrons. The molecule has 1 rings (SSSR count). The lowest BCUT2D eigenvalue weighted by Gasteiger charge is -2.17. The van der Waals surface area contributed by atoms with Gasteiger partial charge in [0.2, 0.25) is 5.82 Å². The molecule has 5 nitrogen and oxygen atoms in total. The molecule has 0 aliphatic heterocycles. The fourth-order valence-corrected chi connectivity index (χ4v) is 1.35. The van der Waals surface area contributed by atoms with Crippen LogP contribution in [0.3, 0.4) is 0 Å². The van der Waals surface area contributed by atoms with Crippen molar-refractivity contribution in [3.63, 3.8) is 0 Å². The topological polar surface area (TPSA) is 60.2 Å². The molecule has 0 saturated heterocycles. The van der Waals surface area contributed by atoms with Crippen LogP contribution in [0.2, 0.25) is 0 Å². The quantitative estimate of drug-likeness (QED) is 0.838. The smallest absolute Gasteiger partial charge is 0.321 e. The number of nitrogens with one attached hydrogen (secondary N) is 1. The Morgan fingerprint density at radius 3 is 2.62 bits per heavy atom. The summed E-state index contributed by atoms with van der Waals surface area (Å²) in [7, 11) is 1.66. The van der Waals surface area contributed by atoms with Crippen LogP contribution in [-0.2, 0) is 4.74 Å². The van der Waals surface area contributed by atoms with Gasteiger partial charge in [-0.15, -0.1) is 0 Å². The molecule has 1 unspecified atom stereocenters. The highest BCUT2D eigenvalue weighted by atomic mass is 16.5. The number of hydrogen-bond donors (Lipinski definition) is 1. The van der Waals surface area contributed by atoms with Gasteiger partial charge in [-0.25, -0.2) is 0 Å². The Morgan fingerprint density at radius 1 is 1.44 bits per heavy atom. The van der Waals surface area contributed by atoms with E-state index in [2.05, 4.69) is 22.4 Å². The molecule has 1 N–H and O–H groups in total. The van der Waals surface area contributed by atoms with Crippen molar-refractivity contribution in [2.45, 2.75) is 52.2 Å². The second kappa shape index (κ2) is 5.30. The van der Waals surface area contributed by atoms with E-state index in [1.165, 1.54) is 0 Å². The number of methoxy groups -OCH3 is 1. The zero-order chi connectivity index (χ0) is 12.2. The highest BCUT2D eigenvalue weighted by Gasteiger charge is 2.19. The molecule has 0 amide bonds. The minimum absolute atomic E-state index is 0.0794. The highest BCUT2D eigenvalue weighted by Crippen LogP contribution is 2.21. The van der Waals surface area contributed by atoms with E-state index in [9.17, 15) is 0 Å². The first-order valence-electron chi connectivity index (χ1n) is 5.61. The fourth-order valence-electron chi connectivity index (χ4n) is 1.35. The lowest BCUT2D eigenvalue weighted by Crippen LogP contribution is -2.26. The van der Waals surface area contributed by atoms with Gasteiger partial charge in [0.25, 0.3) is 0 Å². The number of anilines is 1. The molecule has 1 atom stereocenters. The SMILES string of the molecule is CCCC(OC)c1noc(NC(C)(C)C)n1. The molecular formula is C11H21N3O2. The molecule has 0 fully saturated rings. The maximum absolute atomic E-state index is 5.31. The largest absolute Gasteiger partial charge is 0.373 e. The van der Waals surface area contributed by atoms with E-state index in [1.54, 1.807) is 7.11 Å². The average molecular weight is 227 g/mol. The molecule has 92 valence electrons. The second-order valence-corrected chi connectivity index (χ2v) is 4.85. The molecule has 0 spiro atoms. The lowest BCUT2D eigenvalue weighted by atomic mass is 10.1. The van der Waals surface area contributed by atoms with Crippen LogP contribution in [0.4, 0.5) is 6.01 Å². The highest BCUT2D eigenvalue weighted by molar-refractivity contribution is 5.23. The summed E-state index contributed by atoms with van der Waals surface area (Å²) in [6.45, 7) is 8.21. The van der Waals surface area contributed by atoms with E-state index in [4.69, 9.17) is 9.26 Å². The monoisotopic (exact) mass is 227 g/mol. The van der Waals surface area contributed by atoms with Gasteiger partial charge in [-0.2, -0.15) is 4.98 Å². The van der Waals surface area contributed by atoms with Crippen LogP contribution < -0.4 is 5.32 Å². The van der Waals surface area contributed by atoms with E-state index in [0.29, 0.717) is 11.8 Å². The number of nitrogens with zero attached hydrogens (tertiary/aromatic N) is 2. The molecule has 0 bridgehead atoms. The molecule has 0 aliphatic rings. The van der Waals surface area contributed by atoms with Gasteiger partial charge in [-0.3, -0.25) is 0 Å². The third kappa shape index (κ3) is 3.81. The number of rotatable bonds is 5. The molecular weight excluding hydrogens is 206 g/mol. The van der Waals surface area contributed by atoms with Crippen molar-refractivity contribution in [2.24, 2.45) is 0 Å². The Bertz CT molecular complexity index is 317. The molecule has 16 heavy (non-hydrogen) atoms. The number of aromatic nitrogens is 2. The first-order valence-corrected chi connectivity index (χ1v) is 5.61. The van der Waals surface area contributed by atoms with Gasteiger partial charge in [-0.05, 0) is 27.2 Å². The van der Waals surface area contributed by atoms with Crippen LogP contribution in [0.25, 0.3) is 0 Å². The van der Waals surface area contributed by atoms with Crippen LogP contribution >= 0.6 is 0 Å². The standard InChI is InChI=1S/C11H21N3O2/c1-6-7-8(15-5)9-12-10(16-14-9)13-11(2,3)4/h8H,6-7H2,1-5H3,(H,12,13,14). The summed E-state index contributed by atoms with van der Waals surface area (Å²) in [6.07, 6.45) is 1.84. The van der Waals surface area contributed by atoms with Crippen LogP contribution in [0.15, 0.2) is 4.52 Å². The number of hydrogen-bond acceptors (Lipinski definition) is 5. The predicted octanol–water partition coefficient (Wildman–Crippen LogP) is 2.77. The van der Waals surface area contributed by atoms with Crippen molar-refractivity contribution >= 4 is 6.01 Å². The zero-order valence-corrected chi connectivity index (χ0v) is 10.7. The van der Waals surface area contributed by atoms with E-state index >= 15 is 0 Å². The van der Waals surface area contributed by atoms with Crippen LogP contribution in [0.1, 0.15) is 52.5 Å². The van der Waals surface area contributed by atoms with Crippen LogP contribution in [0.5, 0.6) is 0 Å². The summed E-state index contributed by atoms with van der Waals surface area (Å²) in [5.74, 6) is 0.608. The van der Waals surface area contributed by atoms with Crippen molar-refractivity contribution in [1.82, 2.24) is 10.1 Å². The lowest BCUT2D eigenvalue weighted by molar-refractivity contribution is 0.0854. The maximum Gasteiger partial charge on any atom is 0.321 e. The Kier molecular flexibility index (Phi) is 4.29. The van der Waals surface area contributed by atoms with E-state index in [1.807, 2.05) is 20.8 Å². The van der Waals surface area contributed by atoms with E-state index in [0.717, 1.165) is 12.8 Å². The molecule has 0 aromatic carbocycles. The Hall–Kier alpha value is -1.10. The van der Waals surface area contributed by atoms with Crippen molar-refractivity contribution < 1.29 is 9.26 Å².